The third kappa shape index (κ3) is 3.44. The van der Waals surface area contributed by atoms with Gasteiger partial charge < -0.3 is 5.32 Å². The number of fused-ring (bicyclic) bond motifs is 4. The van der Waals surface area contributed by atoms with E-state index in [1.54, 1.807) is 0 Å². The molecule has 5 rings (SSSR count). The molecule has 2 saturated carbocycles. The van der Waals surface area contributed by atoms with Gasteiger partial charge in [-0.1, -0.05) is 49.8 Å². The number of allylic oxidation sites excluding steroid dienone is 5. The van der Waals surface area contributed by atoms with Gasteiger partial charge in [0.25, 0.3) is 0 Å². The Kier molecular flexibility index (Phi) is 5.45. The van der Waals surface area contributed by atoms with Crippen molar-refractivity contribution < 1.29 is 0 Å². The summed E-state index contributed by atoms with van der Waals surface area (Å²) >= 11 is 0. The van der Waals surface area contributed by atoms with Crippen molar-refractivity contribution in [2.75, 3.05) is 13.1 Å². The molecule has 1 heterocycles. The highest BCUT2D eigenvalue weighted by molar-refractivity contribution is 5.81. The maximum atomic E-state index is 5.23. The zero-order chi connectivity index (χ0) is 19.8. The second-order valence-corrected chi connectivity index (χ2v) is 10.3. The Labute approximate surface area is 177 Å². The lowest BCUT2D eigenvalue weighted by Crippen LogP contribution is -2.63. The highest BCUT2D eigenvalue weighted by atomic mass is 15.3. The van der Waals surface area contributed by atoms with E-state index < -0.39 is 0 Å². The van der Waals surface area contributed by atoms with Crippen LogP contribution in [-0.4, -0.2) is 36.0 Å². The summed E-state index contributed by atoms with van der Waals surface area (Å²) in [4.78, 5) is 7.93. The maximum Gasteiger partial charge on any atom is 0.109 e. The molecule has 0 aromatic rings. The smallest absolute Gasteiger partial charge is 0.109 e. The molecule has 3 nitrogen and oxygen atoms in total. The van der Waals surface area contributed by atoms with Crippen LogP contribution in [0, 0.1) is 29.1 Å². The first-order valence-corrected chi connectivity index (χ1v) is 12.3. The third-order valence-corrected chi connectivity index (χ3v) is 8.82. The lowest BCUT2D eigenvalue weighted by Gasteiger charge is -2.55. The number of hydrogen-bond donors (Lipinski definition) is 1. The Balaban J connectivity index is 1.42. The van der Waals surface area contributed by atoms with Gasteiger partial charge >= 0.3 is 0 Å². The zero-order valence-corrected chi connectivity index (χ0v) is 18.4. The second kappa shape index (κ2) is 8.06. The fourth-order valence-electron chi connectivity index (χ4n) is 7.54. The van der Waals surface area contributed by atoms with Gasteiger partial charge in [-0.2, -0.15) is 0 Å². The maximum absolute atomic E-state index is 5.23. The first kappa shape index (κ1) is 19.6. The molecule has 0 amide bonds. The van der Waals surface area contributed by atoms with Crippen molar-refractivity contribution in [2.45, 2.75) is 77.4 Å². The molecular formula is C26H39N3. The number of rotatable bonds is 4. The van der Waals surface area contributed by atoms with Crippen LogP contribution in [0.3, 0.4) is 0 Å². The van der Waals surface area contributed by atoms with Crippen LogP contribution in [0.1, 0.15) is 65.2 Å². The lowest BCUT2D eigenvalue weighted by molar-refractivity contribution is 0.000158. The number of amidine groups is 1. The Morgan fingerprint density at radius 2 is 2.07 bits per heavy atom. The SMILES string of the molecule is CCN(CC1C=CC=CC1)C1N=C(C)NC2C1CCCC21CCC2CCC=CC21. The third-order valence-electron chi connectivity index (χ3n) is 8.82. The topological polar surface area (TPSA) is 27.6 Å². The minimum absolute atomic E-state index is 0.356. The average molecular weight is 394 g/mol. The largest absolute Gasteiger partial charge is 0.370 e. The van der Waals surface area contributed by atoms with Crippen LogP contribution in [0.2, 0.25) is 0 Å². The van der Waals surface area contributed by atoms with E-state index >= 15 is 0 Å². The molecule has 7 unspecified atom stereocenters. The second-order valence-electron chi connectivity index (χ2n) is 10.3. The van der Waals surface area contributed by atoms with Gasteiger partial charge in [0.05, 0.1) is 5.84 Å². The quantitative estimate of drug-likeness (QED) is 0.655. The van der Waals surface area contributed by atoms with Crippen molar-refractivity contribution in [2.24, 2.45) is 34.1 Å². The number of aliphatic imine (C=N–C) groups is 1. The van der Waals surface area contributed by atoms with E-state index in [2.05, 4.69) is 60.5 Å². The van der Waals surface area contributed by atoms with Crippen LogP contribution < -0.4 is 5.32 Å². The Morgan fingerprint density at radius 3 is 2.90 bits per heavy atom. The van der Waals surface area contributed by atoms with E-state index in [0.717, 1.165) is 24.9 Å². The van der Waals surface area contributed by atoms with Crippen molar-refractivity contribution in [3.05, 3.63) is 36.5 Å². The predicted molar refractivity (Wildman–Crippen MR) is 122 cm³/mol. The molecule has 1 N–H and O–H groups in total. The summed E-state index contributed by atoms with van der Waals surface area (Å²) in [5, 5.41) is 3.96. The lowest BCUT2D eigenvalue weighted by atomic mass is 9.58. The van der Waals surface area contributed by atoms with Crippen molar-refractivity contribution in [1.29, 1.82) is 0 Å². The Morgan fingerprint density at radius 1 is 1.14 bits per heavy atom. The molecule has 0 radical (unpaired) electrons. The van der Waals surface area contributed by atoms with E-state index in [1.165, 1.54) is 57.2 Å². The highest BCUT2D eigenvalue weighted by Gasteiger charge is 2.57. The predicted octanol–water partition coefficient (Wildman–Crippen LogP) is 5.32. The van der Waals surface area contributed by atoms with Crippen LogP contribution in [0.15, 0.2) is 41.4 Å². The highest BCUT2D eigenvalue weighted by Crippen LogP contribution is 2.60. The van der Waals surface area contributed by atoms with Gasteiger partial charge in [-0.15, -0.1) is 0 Å². The molecule has 0 bridgehead atoms. The summed E-state index contributed by atoms with van der Waals surface area (Å²) in [7, 11) is 0. The molecule has 158 valence electrons. The number of nitrogens with zero attached hydrogens (tertiary/aromatic N) is 2. The summed E-state index contributed by atoms with van der Waals surface area (Å²) in [5.41, 5.74) is 0.465. The Hall–Kier alpha value is -1.35. The van der Waals surface area contributed by atoms with Gasteiger partial charge in [-0.3, -0.25) is 9.89 Å². The molecule has 1 aliphatic heterocycles. The zero-order valence-electron chi connectivity index (χ0n) is 18.4. The summed E-state index contributed by atoms with van der Waals surface area (Å²) < 4.78 is 0. The van der Waals surface area contributed by atoms with Crippen molar-refractivity contribution in [3.63, 3.8) is 0 Å². The number of hydrogen-bond acceptors (Lipinski definition) is 3. The molecule has 4 aliphatic carbocycles. The minimum atomic E-state index is 0.356. The fraction of sp³-hybridized carbons (Fsp3) is 0.731. The fourth-order valence-corrected chi connectivity index (χ4v) is 7.54. The van der Waals surface area contributed by atoms with Crippen LogP contribution in [0.25, 0.3) is 0 Å². The molecule has 29 heavy (non-hydrogen) atoms. The standard InChI is InChI=1S/C26H39N3/c1-3-29(18-20-10-5-4-6-11-20)25-22-13-9-16-26(24(22)27-19(2)28-25)17-15-21-12-7-8-14-23(21)26/h4-6,8,10,14,20-25H,3,7,9,11-13,15-18H2,1-2H3,(H,27,28). The van der Waals surface area contributed by atoms with Gasteiger partial charge in [0, 0.05) is 18.5 Å². The molecular weight excluding hydrogens is 354 g/mol. The van der Waals surface area contributed by atoms with Gasteiger partial charge in [0.2, 0.25) is 0 Å². The molecule has 0 aromatic heterocycles. The monoisotopic (exact) mass is 393 g/mol. The Bertz CT molecular complexity index is 719. The summed E-state index contributed by atoms with van der Waals surface area (Å²) in [5.74, 6) is 4.20. The van der Waals surface area contributed by atoms with Crippen LogP contribution in [-0.2, 0) is 0 Å². The molecule has 0 aromatic carbocycles. The van der Waals surface area contributed by atoms with E-state index in [0.29, 0.717) is 29.5 Å². The molecule has 3 heteroatoms. The molecule has 2 fully saturated rings. The van der Waals surface area contributed by atoms with Crippen LogP contribution >= 0.6 is 0 Å². The van der Waals surface area contributed by atoms with E-state index in [-0.39, 0.29) is 0 Å². The molecule has 7 atom stereocenters. The van der Waals surface area contributed by atoms with Crippen LogP contribution in [0.4, 0.5) is 0 Å². The molecule has 1 spiro atoms. The number of nitrogens with one attached hydrogen (secondary N) is 1. The average Bonchev–Trinajstić information content (AvgIpc) is 3.12. The van der Waals surface area contributed by atoms with Crippen molar-refractivity contribution >= 4 is 5.84 Å². The van der Waals surface area contributed by atoms with E-state index in [9.17, 15) is 0 Å². The van der Waals surface area contributed by atoms with Gasteiger partial charge in [0.1, 0.15) is 6.17 Å². The van der Waals surface area contributed by atoms with Gasteiger partial charge in [-0.05, 0) is 81.6 Å². The van der Waals surface area contributed by atoms with Crippen molar-refractivity contribution in [1.82, 2.24) is 10.2 Å². The minimum Gasteiger partial charge on any atom is -0.370 e. The summed E-state index contributed by atoms with van der Waals surface area (Å²) in [6.07, 6.45) is 25.5. The summed E-state index contributed by atoms with van der Waals surface area (Å²) in [6, 6.07) is 0.604. The normalized spacial score (nSPS) is 43.2. The molecule has 5 aliphatic rings. The van der Waals surface area contributed by atoms with Gasteiger partial charge in [0.15, 0.2) is 0 Å². The van der Waals surface area contributed by atoms with Crippen molar-refractivity contribution in [3.8, 4) is 0 Å². The van der Waals surface area contributed by atoms with Gasteiger partial charge in [-0.25, -0.2) is 0 Å². The first-order chi connectivity index (χ1) is 14.2. The molecule has 0 saturated heterocycles. The van der Waals surface area contributed by atoms with Crippen LogP contribution in [0.5, 0.6) is 0 Å². The summed E-state index contributed by atoms with van der Waals surface area (Å²) in [6.45, 7) is 6.78. The van der Waals surface area contributed by atoms with E-state index in [1.807, 2.05) is 0 Å². The first-order valence-electron chi connectivity index (χ1n) is 12.3. The van der Waals surface area contributed by atoms with E-state index in [4.69, 9.17) is 4.99 Å².